The molecular formula is C9H21N3S. The van der Waals surface area contributed by atoms with Crippen LogP contribution in [0.2, 0.25) is 0 Å². The summed E-state index contributed by atoms with van der Waals surface area (Å²) in [5.41, 5.74) is 2.42. The molecule has 0 aliphatic carbocycles. The standard InChI is InChI=1S/C9H21N3S/c1-7(2)5-4-6-8(3)11-9(13)12-10/h7-8H,4-6,10H2,1-3H3,(H2,11,12,13). The summed E-state index contributed by atoms with van der Waals surface area (Å²) in [6.07, 6.45) is 3.65. The normalized spacial score (nSPS) is 12.7. The lowest BCUT2D eigenvalue weighted by Crippen LogP contribution is -2.43. The lowest BCUT2D eigenvalue weighted by atomic mass is 10.0. The molecule has 0 aromatic heterocycles. The van der Waals surface area contributed by atoms with E-state index in [0.717, 1.165) is 12.3 Å². The zero-order chi connectivity index (χ0) is 10.3. The number of nitrogens with two attached hydrogens (primary N) is 1. The third-order valence-corrected chi connectivity index (χ3v) is 2.16. The molecule has 0 aromatic carbocycles. The summed E-state index contributed by atoms with van der Waals surface area (Å²) >= 11 is 4.89. The number of rotatable bonds is 5. The van der Waals surface area contributed by atoms with Crippen molar-refractivity contribution in [1.29, 1.82) is 0 Å². The predicted octanol–water partition coefficient (Wildman–Crippen LogP) is 1.54. The van der Waals surface area contributed by atoms with Gasteiger partial charge in [0.15, 0.2) is 5.11 Å². The molecule has 13 heavy (non-hydrogen) atoms. The second-order valence-corrected chi connectivity index (χ2v) is 4.25. The van der Waals surface area contributed by atoms with E-state index >= 15 is 0 Å². The molecule has 4 heteroatoms. The van der Waals surface area contributed by atoms with Gasteiger partial charge in [0.1, 0.15) is 0 Å². The summed E-state index contributed by atoms with van der Waals surface area (Å²) < 4.78 is 0. The number of nitrogens with one attached hydrogen (secondary N) is 2. The van der Waals surface area contributed by atoms with Crippen LogP contribution in [0.5, 0.6) is 0 Å². The summed E-state index contributed by atoms with van der Waals surface area (Å²) in [7, 11) is 0. The first-order valence-corrected chi connectivity index (χ1v) is 5.24. The van der Waals surface area contributed by atoms with Crippen molar-refractivity contribution in [2.75, 3.05) is 0 Å². The zero-order valence-electron chi connectivity index (χ0n) is 8.76. The van der Waals surface area contributed by atoms with Crippen molar-refractivity contribution in [3.8, 4) is 0 Å². The van der Waals surface area contributed by atoms with Crippen molar-refractivity contribution >= 4 is 17.3 Å². The SMILES string of the molecule is CC(C)CCCC(C)NC(=S)NN. The lowest BCUT2D eigenvalue weighted by molar-refractivity contribution is 0.493. The monoisotopic (exact) mass is 203 g/mol. The van der Waals surface area contributed by atoms with Gasteiger partial charge in [0.2, 0.25) is 0 Å². The van der Waals surface area contributed by atoms with Gasteiger partial charge in [-0.3, -0.25) is 0 Å². The molecule has 0 spiro atoms. The number of thiocarbonyl (C=S) groups is 1. The molecule has 1 unspecified atom stereocenters. The Bertz CT molecular complexity index is 148. The highest BCUT2D eigenvalue weighted by molar-refractivity contribution is 7.80. The van der Waals surface area contributed by atoms with Gasteiger partial charge in [-0.05, 0) is 31.5 Å². The van der Waals surface area contributed by atoms with Crippen molar-refractivity contribution in [2.24, 2.45) is 11.8 Å². The highest BCUT2D eigenvalue weighted by atomic mass is 32.1. The van der Waals surface area contributed by atoms with Gasteiger partial charge in [-0.1, -0.05) is 26.7 Å². The maximum absolute atomic E-state index is 5.14. The van der Waals surface area contributed by atoms with Crippen molar-refractivity contribution in [3.63, 3.8) is 0 Å². The highest BCUT2D eigenvalue weighted by Gasteiger charge is 2.03. The van der Waals surface area contributed by atoms with E-state index in [1.54, 1.807) is 0 Å². The first-order chi connectivity index (χ1) is 6.06. The Morgan fingerprint density at radius 2 is 1.92 bits per heavy atom. The molecule has 78 valence electrons. The van der Waals surface area contributed by atoms with Crippen LogP contribution in [-0.2, 0) is 0 Å². The van der Waals surface area contributed by atoms with E-state index < -0.39 is 0 Å². The molecule has 0 radical (unpaired) electrons. The van der Waals surface area contributed by atoms with E-state index in [1.165, 1.54) is 12.8 Å². The Hall–Kier alpha value is -0.350. The van der Waals surface area contributed by atoms with E-state index in [4.69, 9.17) is 18.1 Å². The molecule has 0 bridgehead atoms. The van der Waals surface area contributed by atoms with E-state index in [1.807, 2.05) is 0 Å². The molecular weight excluding hydrogens is 182 g/mol. The van der Waals surface area contributed by atoms with Crippen molar-refractivity contribution in [3.05, 3.63) is 0 Å². The Balaban J connectivity index is 3.40. The van der Waals surface area contributed by atoms with Crippen LogP contribution >= 0.6 is 12.2 Å². The first-order valence-electron chi connectivity index (χ1n) is 4.83. The van der Waals surface area contributed by atoms with Crippen LogP contribution in [0.25, 0.3) is 0 Å². The largest absolute Gasteiger partial charge is 0.359 e. The summed E-state index contributed by atoms with van der Waals surface area (Å²) in [5, 5.41) is 3.62. The number of hydrogen-bond acceptors (Lipinski definition) is 2. The van der Waals surface area contributed by atoms with E-state index in [2.05, 4.69) is 31.5 Å². The topological polar surface area (TPSA) is 50.1 Å². The summed E-state index contributed by atoms with van der Waals surface area (Å²) in [6, 6.07) is 0.405. The van der Waals surface area contributed by atoms with Gasteiger partial charge in [0.25, 0.3) is 0 Å². The molecule has 0 aliphatic heterocycles. The van der Waals surface area contributed by atoms with Gasteiger partial charge in [0.05, 0.1) is 0 Å². The average molecular weight is 203 g/mol. The second-order valence-electron chi connectivity index (χ2n) is 3.84. The van der Waals surface area contributed by atoms with Gasteiger partial charge in [0, 0.05) is 6.04 Å². The van der Waals surface area contributed by atoms with Crippen LogP contribution in [0, 0.1) is 5.92 Å². The Labute approximate surface area is 86.4 Å². The molecule has 0 saturated carbocycles. The molecule has 4 N–H and O–H groups in total. The van der Waals surface area contributed by atoms with Gasteiger partial charge in [-0.2, -0.15) is 0 Å². The molecule has 1 atom stereocenters. The molecule has 0 aliphatic rings. The second kappa shape index (κ2) is 7.09. The van der Waals surface area contributed by atoms with Gasteiger partial charge < -0.3 is 10.7 Å². The zero-order valence-corrected chi connectivity index (χ0v) is 9.58. The van der Waals surface area contributed by atoms with Crippen LogP contribution in [0.1, 0.15) is 40.0 Å². The molecule has 0 heterocycles. The molecule has 0 amide bonds. The maximum Gasteiger partial charge on any atom is 0.180 e. The number of hydrazine groups is 1. The lowest BCUT2D eigenvalue weighted by Gasteiger charge is -2.15. The van der Waals surface area contributed by atoms with Crippen LogP contribution in [0.3, 0.4) is 0 Å². The van der Waals surface area contributed by atoms with Crippen molar-refractivity contribution < 1.29 is 0 Å². The molecule has 0 rings (SSSR count). The van der Waals surface area contributed by atoms with Crippen LogP contribution < -0.4 is 16.6 Å². The quantitative estimate of drug-likeness (QED) is 0.360. The fourth-order valence-electron chi connectivity index (χ4n) is 1.17. The summed E-state index contributed by atoms with van der Waals surface area (Å²) in [4.78, 5) is 0. The minimum Gasteiger partial charge on any atom is -0.359 e. The van der Waals surface area contributed by atoms with Crippen LogP contribution in [0.15, 0.2) is 0 Å². The van der Waals surface area contributed by atoms with Gasteiger partial charge in [-0.15, -0.1) is 0 Å². The van der Waals surface area contributed by atoms with E-state index in [-0.39, 0.29) is 0 Å². The van der Waals surface area contributed by atoms with Gasteiger partial charge in [-0.25, -0.2) is 5.84 Å². The smallest absolute Gasteiger partial charge is 0.180 e. The van der Waals surface area contributed by atoms with Crippen LogP contribution in [-0.4, -0.2) is 11.2 Å². The Kier molecular flexibility index (Phi) is 6.90. The average Bonchev–Trinajstić information content (AvgIpc) is 2.03. The highest BCUT2D eigenvalue weighted by Crippen LogP contribution is 2.07. The molecule has 0 saturated heterocycles. The first kappa shape index (κ1) is 12.7. The Morgan fingerprint density at radius 3 is 2.38 bits per heavy atom. The predicted molar refractivity (Wildman–Crippen MR) is 61.2 cm³/mol. The van der Waals surface area contributed by atoms with Crippen molar-refractivity contribution in [1.82, 2.24) is 10.7 Å². The molecule has 3 nitrogen and oxygen atoms in total. The fraction of sp³-hybridized carbons (Fsp3) is 0.889. The molecule has 0 aromatic rings. The minimum atomic E-state index is 0.405. The summed E-state index contributed by atoms with van der Waals surface area (Å²) in [6.45, 7) is 6.60. The third-order valence-electron chi connectivity index (χ3n) is 1.93. The minimum absolute atomic E-state index is 0.405. The third kappa shape index (κ3) is 7.99. The maximum atomic E-state index is 5.14. The van der Waals surface area contributed by atoms with Crippen molar-refractivity contribution in [2.45, 2.75) is 46.1 Å². The fourth-order valence-corrected chi connectivity index (χ4v) is 1.37. The Morgan fingerprint density at radius 1 is 1.31 bits per heavy atom. The van der Waals surface area contributed by atoms with E-state index in [9.17, 15) is 0 Å². The number of hydrogen-bond donors (Lipinski definition) is 3. The summed E-state index contributed by atoms with van der Waals surface area (Å²) in [5.74, 6) is 5.93. The molecule has 0 fully saturated rings. The van der Waals surface area contributed by atoms with Gasteiger partial charge >= 0.3 is 0 Å². The van der Waals surface area contributed by atoms with Crippen LogP contribution in [0.4, 0.5) is 0 Å². The van der Waals surface area contributed by atoms with E-state index in [0.29, 0.717) is 11.2 Å².